The van der Waals surface area contributed by atoms with E-state index in [1.165, 1.54) is 16.0 Å². The lowest BCUT2D eigenvalue weighted by molar-refractivity contribution is -0.939. The summed E-state index contributed by atoms with van der Waals surface area (Å²) in [6, 6.07) is 16.2. The van der Waals surface area contributed by atoms with E-state index in [2.05, 4.69) is 30.8 Å². The molecule has 1 aliphatic heterocycles. The molecule has 4 aromatic rings. The standard InChI is InChI=1S/C22H21N5OS/c1-2-12-25-20(28)18-9-5-6-10-19(18)27-21(25)23-26(22(27)29)15-24-13-11-16-7-3-4-8-17(16)14-24/h2-10H,1,11-15H2/p+1. The fourth-order valence-electron chi connectivity index (χ4n) is 4.25. The van der Waals surface area contributed by atoms with E-state index in [1.807, 2.05) is 33.3 Å². The SMILES string of the molecule is C=CCn1c(=O)c2ccccc2n2c(=S)n(C[NH+]3CCc4ccccc4C3)nc12. The second kappa shape index (κ2) is 7.09. The molecule has 2 aromatic heterocycles. The number of quaternary nitrogens is 1. The van der Waals surface area contributed by atoms with Gasteiger partial charge in [-0.25, -0.2) is 0 Å². The smallest absolute Gasteiger partial charge is 0.263 e. The number of hydrogen-bond acceptors (Lipinski definition) is 3. The van der Waals surface area contributed by atoms with Gasteiger partial charge in [-0.05, 0) is 29.9 Å². The molecule has 146 valence electrons. The lowest BCUT2D eigenvalue weighted by Crippen LogP contribution is -3.11. The third kappa shape index (κ3) is 2.94. The maximum atomic E-state index is 13.0. The van der Waals surface area contributed by atoms with Crippen molar-refractivity contribution in [3.63, 3.8) is 0 Å². The van der Waals surface area contributed by atoms with Gasteiger partial charge in [0.15, 0.2) is 6.67 Å². The predicted octanol–water partition coefficient (Wildman–Crippen LogP) is 1.96. The Hall–Kier alpha value is -3.03. The number of aromatic nitrogens is 4. The molecular formula is C22H22N5OS+. The molecule has 7 heteroatoms. The molecule has 0 bridgehead atoms. The Morgan fingerprint density at radius 1 is 1.14 bits per heavy atom. The lowest BCUT2D eigenvalue weighted by Gasteiger charge is -2.25. The zero-order valence-electron chi connectivity index (χ0n) is 16.0. The second-order valence-electron chi connectivity index (χ2n) is 7.49. The number of benzene rings is 2. The van der Waals surface area contributed by atoms with Crippen molar-refractivity contribution in [3.05, 3.63) is 87.4 Å². The van der Waals surface area contributed by atoms with Gasteiger partial charge in [0, 0.05) is 18.5 Å². The molecule has 0 fully saturated rings. The van der Waals surface area contributed by atoms with Crippen LogP contribution in [0.25, 0.3) is 16.7 Å². The summed E-state index contributed by atoms with van der Waals surface area (Å²) < 4.78 is 6.02. The molecule has 0 saturated carbocycles. The van der Waals surface area contributed by atoms with Crippen LogP contribution < -0.4 is 10.5 Å². The number of hydrogen-bond donors (Lipinski definition) is 1. The molecule has 0 saturated heterocycles. The lowest BCUT2D eigenvalue weighted by atomic mass is 10.0. The van der Waals surface area contributed by atoms with Gasteiger partial charge in [-0.2, -0.15) is 4.68 Å². The summed E-state index contributed by atoms with van der Waals surface area (Å²) >= 11 is 5.80. The first-order chi connectivity index (χ1) is 14.2. The summed E-state index contributed by atoms with van der Waals surface area (Å²) in [7, 11) is 0. The number of rotatable bonds is 4. The Labute approximate surface area is 172 Å². The van der Waals surface area contributed by atoms with Crippen LogP contribution in [0.1, 0.15) is 11.1 Å². The summed E-state index contributed by atoms with van der Waals surface area (Å²) in [4.78, 5) is 14.4. The van der Waals surface area contributed by atoms with Crippen molar-refractivity contribution in [1.82, 2.24) is 18.7 Å². The molecule has 2 aromatic carbocycles. The van der Waals surface area contributed by atoms with E-state index >= 15 is 0 Å². The Balaban J connectivity index is 1.63. The maximum absolute atomic E-state index is 13.0. The van der Waals surface area contributed by atoms with Crippen molar-refractivity contribution in [2.24, 2.45) is 0 Å². The molecule has 3 heterocycles. The second-order valence-corrected chi connectivity index (χ2v) is 7.86. The molecule has 0 amide bonds. The Morgan fingerprint density at radius 2 is 1.90 bits per heavy atom. The zero-order chi connectivity index (χ0) is 20.0. The van der Waals surface area contributed by atoms with Crippen LogP contribution >= 0.6 is 12.2 Å². The average Bonchev–Trinajstić information content (AvgIpc) is 3.07. The molecule has 29 heavy (non-hydrogen) atoms. The van der Waals surface area contributed by atoms with Crippen LogP contribution in [0.3, 0.4) is 0 Å². The summed E-state index contributed by atoms with van der Waals surface area (Å²) in [5.74, 6) is 0.565. The van der Waals surface area contributed by atoms with Gasteiger partial charge in [0.25, 0.3) is 5.56 Å². The van der Waals surface area contributed by atoms with E-state index < -0.39 is 0 Å². The van der Waals surface area contributed by atoms with Crippen LogP contribution in [-0.2, 0) is 26.2 Å². The zero-order valence-corrected chi connectivity index (χ0v) is 16.9. The first-order valence-electron chi connectivity index (χ1n) is 9.79. The van der Waals surface area contributed by atoms with E-state index in [9.17, 15) is 4.79 Å². The first kappa shape index (κ1) is 18.0. The highest BCUT2D eigenvalue weighted by atomic mass is 32.1. The van der Waals surface area contributed by atoms with Crippen LogP contribution in [-0.4, -0.2) is 25.3 Å². The largest absolute Gasteiger partial charge is 0.312 e. The molecule has 0 aliphatic carbocycles. The Kier molecular flexibility index (Phi) is 4.41. The van der Waals surface area contributed by atoms with E-state index in [0.29, 0.717) is 29.1 Å². The van der Waals surface area contributed by atoms with Gasteiger partial charge in [-0.15, -0.1) is 11.7 Å². The monoisotopic (exact) mass is 404 g/mol. The molecule has 0 spiro atoms. The van der Waals surface area contributed by atoms with Crippen LogP contribution in [0.4, 0.5) is 0 Å². The summed E-state index contributed by atoms with van der Waals surface area (Å²) in [6.45, 7) is 6.84. The molecule has 6 nitrogen and oxygen atoms in total. The normalized spacial score (nSPS) is 16.2. The fraction of sp³-hybridized carbons (Fsp3) is 0.227. The number of nitrogens with one attached hydrogen (secondary N) is 1. The van der Waals surface area contributed by atoms with Crippen LogP contribution in [0.2, 0.25) is 0 Å². The topological polar surface area (TPSA) is 48.7 Å². The highest BCUT2D eigenvalue weighted by molar-refractivity contribution is 7.71. The predicted molar refractivity (Wildman–Crippen MR) is 116 cm³/mol. The van der Waals surface area contributed by atoms with Gasteiger partial charge >= 0.3 is 0 Å². The average molecular weight is 405 g/mol. The van der Waals surface area contributed by atoms with E-state index in [-0.39, 0.29) is 5.56 Å². The minimum atomic E-state index is -0.0700. The number of allylic oxidation sites excluding steroid dienone is 1. The van der Waals surface area contributed by atoms with Gasteiger partial charge in [-0.1, -0.05) is 42.5 Å². The molecule has 5 rings (SSSR count). The molecule has 1 N–H and O–H groups in total. The van der Waals surface area contributed by atoms with Crippen molar-refractivity contribution in [2.75, 3.05) is 6.54 Å². The van der Waals surface area contributed by atoms with Crippen molar-refractivity contribution in [3.8, 4) is 0 Å². The van der Waals surface area contributed by atoms with Gasteiger partial charge in [0.05, 0.1) is 17.4 Å². The minimum absolute atomic E-state index is 0.0700. The van der Waals surface area contributed by atoms with Gasteiger partial charge in [0.1, 0.15) is 6.54 Å². The van der Waals surface area contributed by atoms with Crippen molar-refractivity contribution >= 4 is 28.9 Å². The van der Waals surface area contributed by atoms with Gasteiger partial charge in [0.2, 0.25) is 10.5 Å². The van der Waals surface area contributed by atoms with Gasteiger partial charge < -0.3 is 4.90 Å². The highest BCUT2D eigenvalue weighted by Crippen LogP contribution is 2.14. The quantitative estimate of drug-likeness (QED) is 0.418. The molecule has 1 aliphatic rings. The third-order valence-electron chi connectivity index (χ3n) is 5.68. The molecular weight excluding hydrogens is 382 g/mol. The van der Waals surface area contributed by atoms with Crippen molar-refractivity contribution < 1.29 is 4.90 Å². The maximum Gasteiger partial charge on any atom is 0.263 e. The van der Waals surface area contributed by atoms with Crippen LogP contribution in [0.5, 0.6) is 0 Å². The first-order valence-corrected chi connectivity index (χ1v) is 10.2. The summed E-state index contributed by atoms with van der Waals surface area (Å²) in [6.07, 6.45) is 2.77. The van der Waals surface area contributed by atoms with E-state index in [0.717, 1.165) is 25.0 Å². The van der Waals surface area contributed by atoms with E-state index in [4.69, 9.17) is 17.3 Å². The summed E-state index contributed by atoms with van der Waals surface area (Å²) in [5, 5.41) is 5.40. The van der Waals surface area contributed by atoms with Crippen LogP contribution in [0.15, 0.2) is 66.0 Å². The highest BCUT2D eigenvalue weighted by Gasteiger charge is 2.21. The minimum Gasteiger partial charge on any atom is -0.312 e. The van der Waals surface area contributed by atoms with E-state index in [1.54, 1.807) is 10.6 Å². The Morgan fingerprint density at radius 3 is 2.72 bits per heavy atom. The molecule has 1 atom stereocenters. The molecule has 0 radical (unpaired) electrons. The Bertz CT molecular complexity index is 1360. The number of fused-ring (bicyclic) bond motifs is 4. The van der Waals surface area contributed by atoms with Crippen LogP contribution in [0, 0.1) is 4.77 Å². The number of para-hydroxylation sites is 1. The van der Waals surface area contributed by atoms with Crippen molar-refractivity contribution in [2.45, 2.75) is 26.2 Å². The summed E-state index contributed by atoms with van der Waals surface area (Å²) in [5.41, 5.74) is 3.54. The molecule has 1 unspecified atom stereocenters. The van der Waals surface area contributed by atoms with Gasteiger partial charge in [-0.3, -0.25) is 13.8 Å². The number of nitrogens with zero attached hydrogens (tertiary/aromatic N) is 4. The fourth-order valence-corrected chi connectivity index (χ4v) is 4.54. The third-order valence-corrected chi connectivity index (χ3v) is 6.07. The van der Waals surface area contributed by atoms with Crippen molar-refractivity contribution in [1.29, 1.82) is 0 Å².